The molecule has 0 fully saturated rings. The van der Waals surface area contributed by atoms with Gasteiger partial charge in [-0.1, -0.05) is 6.07 Å². The Morgan fingerprint density at radius 2 is 2.05 bits per heavy atom. The van der Waals surface area contributed by atoms with Gasteiger partial charge in [-0.05, 0) is 36.8 Å². The maximum atomic E-state index is 13.2. The normalized spacial score (nSPS) is 11.5. The second-order valence-electron chi connectivity index (χ2n) is 4.21. The molecule has 4 nitrogen and oxygen atoms in total. The average molecular weight is 280 g/mol. The van der Waals surface area contributed by atoms with Gasteiger partial charge in [-0.3, -0.25) is 4.98 Å². The van der Waals surface area contributed by atoms with E-state index < -0.39 is 15.7 Å². The minimum absolute atomic E-state index is 0.0370. The van der Waals surface area contributed by atoms with Gasteiger partial charge in [0.25, 0.3) is 0 Å². The molecule has 2 rings (SSSR count). The van der Waals surface area contributed by atoms with Gasteiger partial charge in [-0.25, -0.2) is 12.8 Å². The molecule has 0 aliphatic heterocycles. The highest BCUT2D eigenvalue weighted by atomic mass is 32.2. The molecule has 0 radical (unpaired) electrons. The highest BCUT2D eigenvalue weighted by Gasteiger charge is 2.20. The van der Waals surface area contributed by atoms with Crippen molar-refractivity contribution in [2.45, 2.75) is 17.6 Å². The van der Waals surface area contributed by atoms with Gasteiger partial charge in [0.15, 0.2) is 9.84 Å². The van der Waals surface area contributed by atoms with Crippen LogP contribution in [-0.4, -0.2) is 13.4 Å². The smallest absolute Gasteiger partial charge is 0.186 e. The van der Waals surface area contributed by atoms with E-state index in [0.717, 1.165) is 17.7 Å². The summed E-state index contributed by atoms with van der Waals surface area (Å²) in [4.78, 5) is 3.83. The summed E-state index contributed by atoms with van der Waals surface area (Å²) in [6.07, 6.45) is 1.52. The van der Waals surface area contributed by atoms with E-state index in [1.165, 1.54) is 12.3 Å². The Morgan fingerprint density at radius 1 is 1.32 bits per heavy atom. The van der Waals surface area contributed by atoms with E-state index in [2.05, 4.69) is 4.98 Å². The van der Waals surface area contributed by atoms with Gasteiger partial charge in [0.1, 0.15) is 5.82 Å². The van der Waals surface area contributed by atoms with Crippen LogP contribution in [0.2, 0.25) is 0 Å². The van der Waals surface area contributed by atoms with Crippen LogP contribution in [0.15, 0.2) is 41.4 Å². The molecule has 0 amide bonds. The Labute approximate surface area is 111 Å². The lowest BCUT2D eigenvalue weighted by Crippen LogP contribution is -2.10. The molecule has 0 aliphatic carbocycles. The SMILES string of the molecule is Cc1cccnc1CS(=O)(=O)c1cc(F)ccc1N. The Balaban J connectivity index is 2.44. The van der Waals surface area contributed by atoms with Gasteiger partial charge in [-0.2, -0.15) is 0 Å². The predicted molar refractivity (Wildman–Crippen MR) is 70.7 cm³/mol. The minimum atomic E-state index is -3.72. The van der Waals surface area contributed by atoms with Crippen LogP contribution in [0.1, 0.15) is 11.3 Å². The number of aromatic nitrogens is 1. The summed E-state index contributed by atoms with van der Waals surface area (Å²) in [6.45, 7) is 1.77. The molecule has 6 heteroatoms. The molecule has 2 aromatic rings. The van der Waals surface area contributed by atoms with Crippen molar-refractivity contribution in [2.75, 3.05) is 5.73 Å². The summed E-state index contributed by atoms with van der Waals surface area (Å²) in [5.41, 5.74) is 6.84. The second-order valence-corrected chi connectivity index (χ2v) is 6.17. The van der Waals surface area contributed by atoms with Gasteiger partial charge < -0.3 is 5.73 Å². The third-order valence-electron chi connectivity index (χ3n) is 2.76. The summed E-state index contributed by atoms with van der Waals surface area (Å²) in [6, 6.07) is 6.80. The number of pyridine rings is 1. The number of nitrogens with two attached hydrogens (primary N) is 1. The largest absolute Gasteiger partial charge is 0.398 e. The molecule has 0 saturated heterocycles. The van der Waals surface area contributed by atoms with E-state index in [-0.39, 0.29) is 16.3 Å². The quantitative estimate of drug-likeness (QED) is 0.874. The van der Waals surface area contributed by atoms with Gasteiger partial charge in [0, 0.05) is 6.20 Å². The number of anilines is 1. The summed E-state index contributed by atoms with van der Waals surface area (Å²) >= 11 is 0. The number of nitrogen functional groups attached to an aromatic ring is 1. The lowest BCUT2D eigenvalue weighted by Gasteiger charge is -2.08. The molecule has 2 N–H and O–H groups in total. The van der Waals surface area contributed by atoms with Gasteiger partial charge in [-0.15, -0.1) is 0 Å². The molecule has 1 heterocycles. The number of nitrogens with zero attached hydrogens (tertiary/aromatic N) is 1. The fourth-order valence-electron chi connectivity index (χ4n) is 1.70. The van der Waals surface area contributed by atoms with Crippen molar-refractivity contribution in [3.8, 4) is 0 Å². The number of sulfone groups is 1. The predicted octanol–water partition coefficient (Wildman–Crippen LogP) is 2.09. The van der Waals surface area contributed by atoms with E-state index in [1.54, 1.807) is 19.1 Å². The van der Waals surface area contributed by atoms with Crippen LogP contribution in [0.5, 0.6) is 0 Å². The van der Waals surface area contributed by atoms with Crippen LogP contribution in [0.4, 0.5) is 10.1 Å². The molecule has 0 bridgehead atoms. The summed E-state index contributed by atoms with van der Waals surface area (Å²) < 4.78 is 37.6. The van der Waals surface area contributed by atoms with Crippen molar-refractivity contribution in [3.05, 3.63) is 53.6 Å². The lowest BCUT2D eigenvalue weighted by atomic mass is 10.2. The third kappa shape index (κ3) is 2.90. The molecular weight excluding hydrogens is 267 g/mol. The first-order valence-corrected chi connectivity index (χ1v) is 7.23. The zero-order chi connectivity index (χ0) is 14.0. The van der Waals surface area contributed by atoms with Crippen molar-refractivity contribution < 1.29 is 12.8 Å². The fraction of sp³-hybridized carbons (Fsp3) is 0.154. The maximum Gasteiger partial charge on any atom is 0.186 e. The van der Waals surface area contributed by atoms with E-state index in [9.17, 15) is 12.8 Å². The number of rotatable bonds is 3. The van der Waals surface area contributed by atoms with Crippen LogP contribution in [0.3, 0.4) is 0 Å². The maximum absolute atomic E-state index is 13.2. The standard InChI is InChI=1S/C13H13FN2O2S/c1-9-3-2-6-16-12(9)8-19(17,18)13-7-10(14)4-5-11(13)15/h2-7H,8,15H2,1H3. The molecule has 0 atom stereocenters. The Morgan fingerprint density at radius 3 is 2.74 bits per heavy atom. The Bertz CT molecular complexity index is 714. The minimum Gasteiger partial charge on any atom is -0.398 e. The zero-order valence-corrected chi connectivity index (χ0v) is 11.1. The monoisotopic (exact) mass is 280 g/mol. The average Bonchev–Trinajstić information content (AvgIpc) is 2.35. The first kappa shape index (κ1) is 13.5. The van der Waals surface area contributed by atoms with Crippen molar-refractivity contribution in [3.63, 3.8) is 0 Å². The molecular formula is C13H13FN2O2S. The van der Waals surface area contributed by atoms with Crippen molar-refractivity contribution >= 4 is 15.5 Å². The Kier molecular flexibility index (Phi) is 3.53. The molecule has 100 valence electrons. The van der Waals surface area contributed by atoms with E-state index in [0.29, 0.717) is 5.69 Å². The van der Waals surface area contributed by atoms with E-state index >= 15 is 0 Å². The van der Waals surface area contributed by atoms with E-state index in [4.69, 9.17) is 5.73 Å². The fourth-order valence-corrected chi connectivity index (χ4v) is 3.24. The lowest BCUT2D eigenvalue weighted by molar-refractivity contribution is 0.590. The van der Waals surface area contributed by atoms with Crippen LogP contribution in [0.25, 0.3) is 0 Å². The molecule has 0 unspecified atom stereocenters. The summed E-state index contributed by atoms with van der Waals surface area (Å²) in [7, 11) is -3.72. The molecule has 1 aromatic carbocycles. The van der Waals surface area contributed by atoms with Crippen molar-refractivity contribution in [1.29, 1.82) is 0 Å². The highest BCUT2D eigenvalue weighted by Crippen LogP contribution is 2.23. The van der Waals surface area contributed by atoms with Gasteiger partial charge in [0.05, 0.1) is 22.0 Å². The van der Waals surface area contributed by atoms with Gasteiger partial charge in [0.2, 0.25) is 0 Å². The summed E-state index contributed by atoms with van der Waals surface area (Å²) in [5.74, 6) is -0.932. The molecule has 0 aliphatic rings. The van der Waals surface area contributed by atoms with Gasteiger partial charge >= 0.3 is 0 Å². The number of hydrogen-bond acceptors (Lipinski definition) is 4. The van der Waals surface area contributed by atoms with Crippen LogP contribution >= 0.6 is 0 Å². The first-order chi connectivity index (χ1) is 8.90. The third-order valence-corrected chi connectivity index (χ3v) is 4.43. The zero-order valence-electron chi connectivity index (χ0n) is 10.3. The van der Waals surface area contributed by atoms with E-state index in [1.807, 2.05) is 0 Å². The first-order valence-electron chi connectivity index (χ1n) is 5.58. The molecule has 1 aromatic heterocycles. The molecule has 0 spiro atoms. The molecule has 0 saturated carbocycles. The van der Waals surface area contributed by atoms with Crippen molar-refractivity contribution in [2.24, 2.45) is 0 Å². The van der Waals surface area contributed by atoms with Crippen LogP contribution < -0.4 is 5.73 Å². The topological polar surface area (TPSA) is 73.0 Å². The molecule has 19 heavy (non-hydrogen) atoms. The number of halogens is 1. The second kappa shape index (κ2) is 4.97. The van der Waals surface area contributed by atoms with Crippen LogP contribution in [-0.2, 0) is 15.6 Å². The Hall–Kier alpha value is -1.95. The summed E-state index contributed by atoms with van der Waals surface area (Å²) in [5, 5.41) is 0. The van der Waals surface area contributed by atoms with Crippen molar-refractivity contribution in [1.82, 2.24) is 4.98 Å². The van der Waals surface area contributed by atoms with Crippen LogP contribution in [0, 0.1) is 12.7 Å². The number of benzene rings is 1. The number of aryl methyl sites for hydroxylation is 1. The highest BCUT2D eigenvalue weighted by molar-refractivity contribution is 7.90. The number of hydrogen-bond donors (Lipinski definition) is 1.